The molecule has 0 atom stereocenters. The normalized spacial score (nSPS) is 9.94. The van der Waals surface area contributed by atoms with Crippen molar-refractivity contribution in [2.24, 2.45) is 0 Å². The highest BCUT2D eigenvalue weighted by Gasteiger charge is 2.01. The standard InChI is InChI=1S/C12H18N2OS/c1-9-5-3-6-11(10(9)2)14-12(16)13-7-4-8-15/h3,5-6,15H,4,7-8H2,1-2H3,(H2,13,14,16). The van der Waals surface area contributed by atoms with Gasteiger partial charge in [0.25, 0.3) is 0 Å². The van der Waals surface area contributed by atoms with E-state index in [0.29, 0.717) is 18.1 Å². The minimum Gasteiger partial charge on any atom is -0.396 e. The topological polar surface area (TPSA) is 44.3 Å². The zero-order chi connectivity index (χ0) is 12.0. The quantitative estimate of drug-likeness (QED) is 0.554. The highest BCUT2D eigenvalue weighted by molar-refractivity contribution is 7.80. The Hall–Kier alpha value is -1.13. The molecular weight excluding hydrogens is 220 g/mol. The summed E-state index contributed by atoms with van der Waals surface area (Å²) in [6.45, 7) is 5.00. The molecule has 1 aromatic carbocycles. The Kier molecular flexibility index (Phi) is 5.22. The maximum Gasteiger partial charge on any atom is 0.170 e. The van der Waals surface area contributed by atoms with Crippen LogP contribution >= 0.6 is 12.2 Å². The Bertz CT molecular complexity index is 366. The SMILES string of the molecule is Cc1cccc(NC(=S)NCCCO)c1C. The first-order chi connectivity index (χ1) is 7.65. The molecule has 0 spiro atoms. The van der Waals surface area contributed by atoms with Gasteiger partial charge in [-0.3, -0.25) is 0 Å². The summed E-state index contributed by atoms with van der Waals surface area (Å²) in [6.07, 6.45) is 0.703. The zero-order valence-corrected chi connectivity index (χ0v) is 10.5. The molecule has 0 saturated carbocycles. The lowest BCUT2D eigenvalue weighted by Gasteiger charge is -2.13. The van der Waals surface area contributed by atoms with Crippen LogP contribution in [0.15, 0.2) is 18.2 Å². The molecule has 0 fully saturated rings. The Labute approximate surface area is 102 Å². The largest absolute Gasteiger partial charge is 0.396 e. The fraction of sp³-hybridized carbons (Fsp3) is 0.417. The molecule has 0 aliphatic heterocycles. The van der Waals surface area contributed by atoms with Crippen LogP contribution in [-0.2, 0) is 0 Å². The van der Waals surface area contributed by atoms with E-state index in [1.54, 1.807) is 0 Å². The van der Waals surface area contributed by atoms with Crippen molar-refractivity contribution in [1.29, 1.82) is 0 Å². The summed E-state index contributed by atoms with van der Waals surface area (Å²) in [5.41, 5.74) is 3.47. The summed E-state index contributed by atoms with van der Waals surface area (Å²) in [5.74, 6) is 0. The zero-order valence-electron chi connectivity index (χ0n) is 9.71. The second kappa shape index (κ2) is 6.45. The molecule has 0 aromatic heterocycles. The Morgan fingerprint density at radius 2 is 2.12 bits per heavy atom. The van der Waals surface area contributed by atoms with Crippen molar-refractivity contribution in [2.45, 2.75) is 20.3 Å². The summed E-state index contributed by atoms with van der Waals surface area (Å²) < 4.78 is 0. The van der Waals surface area contributed by atoms with Gasteiger partial charge in [0.1, 0.15) is 0 Å². The van der Waals surface area contributed by atoms with Gasteiger partial charge in [-0.15, -0.1) is 0 Å². The molecule has 4 heteroatoms. The van der Waals surface area contributed by atoms with Crippen molar-refractivity contribution in [3.63, 3.8) is 0 Å². The van der Waals surface area contributed by atoms with Crippen molar-refractivity contribution < 1.29 is 5.11 Å². The maximum absolute atomic E-state index is 8.65. The molecule has 0 bridgehead atoms. The Balaban J connectivity index is 2.53. The third kappa shape index (κ3) is 3.79. The molecule has 88 valence electrons. The van der Waals surface area contributed by atoms with E-state index < -0.39 is 0 Å². The number of benzene rings is 1. The lowest BCUT2D eigenvalue weighted by molar-refractivity contribution is 0.289. The molecule has 0 heterocycles. The van der Waals surface area contributed by atoms with Gasteiger partial charge < -0.3 is 15.7 Å². The summed E-state index contributed by atoms with van der Waals surface area (Å²) in [4.78, 5) is 0. The number of nitrogens with one attached hydrogen (secondary N) is 2. The summed E-state index contributed by atoms with van der Waals surface area (Å²) >= 11 is 5.15. The van der Waals surface area contributed by atoms with Crippen molar-refractivity contribution in [3.05, 3.63) is 29.3 Å². The molecule has 0 aliphatic rings. The summed E-state index contributed by atoms with van der Waals surface area (Å²) in [5, 5.41) is 15.4. The predicted molar refractivity (Wildman–Crippen MR) is 71.8 cm³/mol. The van der Waals surface area contributed by atoms with Gasteiger partial charge in [-0.1, -0.05) is 12.1 Å². The molecule has 0 aliphatic carbocycles. The van der Waals surface area contributed by atoms with Gasteiger partial charge in [-0.2, -0.15) is 0 Å². The van der Waals surface area contributed by atoms with Crippen LogP contribution in [-0.4, -0.2) is 23.4 Å². The molecule has 1 aromatic rings. The molecule has 1 rings (SSSR count). The second-order valence-corrected chi connectivity index (χ2v) is 4.11. The Morgan fingerprint density at radius 3 is 2.81 bits per heavy atom. The number of rotatable bonds is 4. The van der Waals surface area contributed by atoms with Gasteiger partial charge in [0, 0.05) is 18.8 Å². The molecule has 3 nitrogen and oxygen atoms in total. The monoisotopic (exact) mass is 238 g/mol. The third-order valence-corrected chi connectivity index (χ3v) is 2.72. The average molecular weight is 238 g/mol. The molecule has 0 saturated heterocycles. The van der Waals surface area contributed by atoms with Gasteiger partial charge in [-0.25, -0.2) is 0 Å². The highest BCUT2D eigenvalue weighted by atomic mass is 32.1. The first-order valence-electron chi connectivity index (χ1n) is 5.37. The third-order valence-electron chi connectivity index (χ3n) is 2.47. The molecule has 0 unspecified atom stereocenters. The van der Waals surface area contributed by atoms with E-state index in [1.165, 1.54) is 11.1 Å². The van der Waals surface area contributed by atoms with Crippen molar-refractivity contribution in [3.8, 4) is 0 Å². The van der Waals surface area contributed by atoms with Crippen LogP contribution in [0.1, 0.15) is 17.5 Å². The maximum atomic E-state index is 8.65. The van der Waals surface area contributed by atoms with Crippen LogP contribution in [0.25, 0.3) is 0 Å². The number of hydrogen-bond donors (Lipinski definition) is 3. The van der Waals surface area contributed by atoms with Crippen LogP contribution in [0.4, 0.5) is 5.69 Å². The van der Waals surface area contributed by atoms with Crippen LogP contribution in [0, 0.1) is 13.8 Å². The molecule has 16 heavy (non-hydrogen) atoms. The lowest BCUT2D eigenvalue weighted by atomic mass is 10.1. The van der Waals surface area contributed by atoms with E-state index in [9.17, 15) is 0 Å². The van der Waals surface area contributed by atoms with Crippen LogP contribution in [0.2, 0.25) is 0 Å². The van der Waals surface area contributed by atoms with Crippen LogP contribution in [0.5, 0.6) is 0 Å². The number of hydrogen-bond acceptors (Lipinski definition) is 2. The predicted octanol–water partition coefficient (Wildman–Crippen LogP) is 1.97. The molecular formula is C12H18N2OS. The number of thiocarbonyl (C=S) groups is 1. The van der Waals surface area contributed by atoms with E-state index in [-0.39, 0.29) is 6.61 Å². The van der Waals surface area contributed by atoms with E-state index in [4.69, 9.17) is 17.3 Å². The van der Waals surface area contributed by atoms with E-state index in [0.717, 1.165) is 5.69 Å². The number of aliphatic hydroxyl groups excluding tert-OH is 1. The Morgan fingerprint density at radius 1 is 1.38 bits per heavy atom. The molecule has 3 N–H and O–H groups in total. The first kappa shape index (κ1) is 12.9. The minimum absolute atomic E-state index is 0.180. The summed E-state index contributed by atoms with van der Waals surface area (Å²) in [6, 6.07) is 6.08. The van der Waals surface area contributed by atoms with Crippen molar-refractivity contribution in [2.75, 3.05) is 18.5 Å². The van der Waals surface area contributed by atoms with Gasteiger partial charge in [0.15, 0.2) is 5.11 Å². The van der Waals surface area contributed by atoms with Gasteiger partial charge in [0.05, 0.1) is 0 Å². The van der Waals surface area contributed by atoms with Crippen LogP contribution < -0.4 is 10.6 Å². The van der Waals surface area contributed by atoms with Gasteiger partial charge >= 0.3 is 0 Å². The first-order valence-corrected chi connectivity index (χ1v) is 5.78. The smallest absolute Gasteiger partial charge is 0.170 e. The van der Waals surface area contributed by atoms with Gasteiger partial charge in [0.2, 0.25) is 0 Å². The second-order valence-electron chi connectivity index (χ2n) is 3.71. The van der Waals surface area contributed by atoms with Gasteiger partial charge in [-0.05, 0) is 49.7 Å². The number of aryl methyl sites for hydroxylation is 1. The molecule has 0 amide bonds. The van der Waals surface area contributed by atoms with E-state index in [1.807, 2.05) is 12.1 Å². The van der Waals surface area contributed by atoms with E-state index in [2.05, 4.69) is 30.5 Å². The minimum atomic E-state index is 0.180. The van der Waals surface area contributed by atoms with E-state index >= 15 is 0 Å². The summed E-state index contributed by atoms with van der Waals surface area (Å²) in [7, 11) is 0. The number of aliphatic hydroxyl groups is 1. The average Bonchev–Trinajstić information content (AvgIpc) is 2.25. The highest BCUT2D eigenvalue weighted by Crippen LogP contribution is 2.17. The molecule has 0 radical (unpaired) electrons. The van der Waals surface area contributed by atoms with Crippen LogP contribution in [0.3, 0.4) is 0 Å². The van der Waals surface area contributed by atoms with Crippen molar-refractivity contribution >= 4 is 23.0 Å². The fourth-order valence-electron chi connectivity index (χ4n) is 1.33. The number of anilines is 1. The fourth-order valence-corrected chi connectivity index (χ4v) is 1.55. The van der Waals surface area contributed by atoms with Crippen molar-refractivity contribution in [1.82, 2.24) is 5.32 Å². The lowest BCUT2D eigenvalue weighted by Crippen LogP contribution is -2.29.